The molecule has 15 heavy (non-hydrogen) atoms. The Balaban J connectivity index is 3.58. The molecule has 6 nitrogen and oxygen atoms in total. The summed E-state index contributed by atoms with van der Waals surface area (Å²) in [6, 6.07) is 0. The van der Waals surface area contributed by atoms with Crippen LogP contribution < -0.4 is 34.4 Å². The highest BCUT2D eigenvalue weighted by molar-refractivity contribution is 5.03. The first-order chi connectivity index (χ1) is 6.95. The van der Waals surface area contributed by atoms with E-state index in [0.29, 0.717) is 24.2 Å². The van der Waals surface area contributed by atoms with E-state index in [2.05, 4.69) is 0 Å². The number of hydrogen-bond acceptors (Lipinski definition) is 6. The Kier molecular flexibility index (Phi) is 5.92. The van der Waals surface area contributed by atoms with E-state index < -0.39 is 0 Å². The van der Waals surface area contributed by atoms with Gasteiger partial charge in [-0.3, -0.25) is 0 Å². The van der Waals surface area contributed by atoms with Gasteiger partial charge in [-0.1, -0.05) is 6.42 Å². The van der Waals surface area contributed by atoms with Gasteiger partial charge in [-0.25, -0.2) is 0 Å². The smallest absolute Gasteiger partial charge is 0.113 e. The fourth-order valence-corrected chi connectivity index (χ4v) is 1.10. The monoisotopic (exact) mass is 214 g/mol. The molecule has 0 spiro atoms. The Morgan fingerprint density at radius 2 is 0.867 bits per heavy atom. The van der Waals surface area contributed by atoms with Crippen molar-refractivity contribution < 1.29 is 0 Å². The van der Waals surface area contributed by atoms with Crippen LogP contribution in [0.25, 0.3) is 0 Å². The van der Waals surface area contributed by atoms with Crippen molar-refractivity contribution in [1.29, 1.82) is 0 Å². The molecule has 0 atom stereocenters. The summed E-state index contributed by atoms with van der Waals surface area (Å²) < 4.78 is 0. The van der Waals surface area contributed by atoms with Crippen LogP contribution in [0.1, 0.15) is 32.1 Å². The third-order valence-electron chi connectivity index (χ3n) is 2.13. The van der Waals surface area contributed by atoms with Gasteiger partial charge in [0.05, 0.1) is 0 Å². The van der Waals surface area contributed by atoms with Crippen molar-refractivity contribution in [1.82, 2.24) is 0 Å². The largest absolute Gasteiger partial charge is 0.399 e. The summed E-state index contributed by atoms with van der Waals surface area (Å²) in [5.41, 5.74) is 33.5. The summed E-state index contributed by atoms with van der Waals surface area (Å²) in [7, 11) is 0. The first-order valence-corrected chi connectivity index (χ1v) is 4.94. The molecule has 0 aliphatic carbocycles. The third-order valence-corrected chi connectivity index (χ3v) is 2.13. The van der Waals surface area contributed by atoms with Gasteiger partial charge in [0.1, 0.15) is 11.6 Å². The fourth-order valence-electron chi connectivity index (χ4n) is 1.10. The molecule has 0 aliphatic heterocycles. The van der Waals surface area contributed by atoms with Crippen molar-refractivity contribution in [3.05, 3.63) is 23.0 Å². The highest BCUT2D eigenvalue weighted by Crippen LogP contribution is 2.09. The zero-order valence-corrected chi connectivity index (χ0v) is 9.00. The molecule has 0 aromatic heterocycles. The van der Waals surface area contributed by atoms with Gasteiger partial charge in [-0.15, -0.1) is 0 Å². The summed E-state index contributed by atoms with van der Waals surface area (Å²) in [6.07, 6.45) is 4.28. The molecule has 0 saturated carbocycles. The van der Waals surface area contributed by atoms with Gasteiger partial charge in [-0.2, -0.15) is 0 Å². The highest BCUT2D eigenvalue weighted by atomic mass is 14.8. The van der Waals surface area contributed by atoms with E-state index in [0.717, 1.165) is 19.3 Å². The zero-order valence-electron chi connectivity index (χ0n) is 9.00. The molecule has 0 amide bonds. The van der Waals surface area contributed by atoms with Gasteiger partial charge >= 0.3 is 0 Å². The van der Waals surface area contributed by atoms with Crippen LogP contribution in [0.4, 0.5) is 0 Å². The molecule has 0 unspecified atom stereocenters. The quantitative estimate of drug-likeness (QED) is 0.312. The molecule has 88 valence electrons. The summed E-state index contributed by atoms with van der Waals surface area (Å²) >= 11 is 0. The Bertz CT molecular complexity index is 221. The Morgan fingerprint density at radius 3 is 1.13 bits per heavy atom. The van der Waals surface area contributed by atoms with Crippen LogP contribution in [-0.2, 0) is 0 Å². The summed E-state index contributed by atoms with van der Waals surface area (Å²) in [5, 5.41) is 0. The lowest BCUT2D eigenvalue weighted by atomic mass is 10.1. The zero-order chi connectivity index (χ0) is 11.8. The van der Waals surface area contributed by atoms with E-state index >= 15 is 0 Å². The predicted molar refractivity (Wildman–Crippen MR) is 62.3 cm³/mol. The molecule has 0 bridgehead atoms. The lowest BCUT2D eigenvalue weighted by Gasteiger charge is -2.05. The van der Waals surface area contributed by atoms with Gasteiger partial charge in [0.15, 0.2) is 0 Å². The highest BCUT2D eigenvalue weighted by Gasteiger charge is 1.98. The third kappa shape index (κ3) is 6.36. The maximum atomic E-state index is 5.56. The molecule has 0 saturated heterocycles. The SMILES string of the molecule is NC(N)=C(N)CCCCCC(N)=C(N)N. The number of unbranched alkanes of at least 4 members (excludes halogenated alkanes) is 2. The van der Waals surface area contributed by atoms with Gasteiger partial charge < -0.3 is 34.4 Å². The van der Waals surface area contributed by atoms with Crippen molar-refractivity contribution in [2.24, 2.45) is 34.4 Å². The molecule has 0 heterocycles. The minimum absolute atomic E-state index is 0.209. The first kappa shape index (κ1) is 13.3. The summed E-state index contributed by atoms with van der Waals surface area (Å²) in [4.78, 5) is 0. The Morgan fingerprint density at radius 1 is 0.533 bits per heavy atom. The van der Waals surface area contributed by atoms with Crippen LogP contribution in [0, 0.1) is 0 Å². The van der Waals surface area contributed by atoms with Crippen molar-refractivity contribution in [2.45, 2.75) is 32.1 Å². The van der Waals surface area contributed by atoms with Gasteiger partial charge in [0, 0.05) is 11.4 Å². The molecule has 0 aromatic carbocycles. The second kappa shape index (κ2) is 6.69. The molecule has 0 fully saturated rings. The van der Waals surface area contributed by atoms with Crippen LogP contribution in [0.3, 0.4) is 0 Å². The van der Waals surface area contributed by atoms with E-state index in [1.54, 1.807) is 0 Å². The fraction of sp³-hybridized carbons (Fsp3) is 0.556. The van der Waals surface area contributed by atoms with Crippen molar-refractivity contribution in [3.63, 3.8) is 0 Å². The molecule has 6 heteroatoms. The summed E-state index contributed by atoms with van der Waals surface area (Å²) in [5.74, 6) is 0.418. The molecular weight excluding hydrogens is 192 g/mol. The average molecular weight is 214 g/mol. The molecule has 0 aromatic rings. The maximum Gasteiger partial charge on any atom is 0.113 e. The van der Waals surface area contributed by atoms with Crippen molar-refractivity contribution in [3.8, 4) is 0 Å². The van der Waals surface area contributed by atoms with Crippen molar-refractivity contribution in [2.75, 3.05) is 0 Å². The first-order valence-electron chi connectivity index (χ1n) is 4.94. The minimum atomic E-state index is 0.209. The maximum absolute atomic E-state index is 5.56. The topological polar surface area (TPSA) is 156 Å². The van der Waals surface area contributed by atoms with Crippen LogP contribution in [0.2, 0.25) is 0 Å². The molecular formula is C9H22N6. The number of allylic oxidation sites excluding steroid dienone is 2. The second-order valence-electron chi connectivity index (χ2n) is 3.52. The van der Waals surface area contributed by atoms with E-state index in [9.17, 15) is 0 Å². The van der Waals surface area contributed by atoms with Crippen LogP contribution in [0.5, 0.6) is 0 Å². The average Bonchev–Trinajstić information content (AvgIpc) is 2.16. The van der Waals surface area contributed by atoms with Gasteiger partial charge in [0.25, 0.3) is 0 Å². The van der Waals surface area contributed by atoms with E-state index in [1.807, 2.05) is 0 Å². The lowest BCUT2D eigenvalue weighted by Crippen LogP contribution is -2.17. The van der Waals surface area contributed by atoms with Crippen molar-refractivity contribution >= 4 is 0 Å². The minimum Gasteiger partial charge on any atom is -0.399 e. The second-order valence-corrected chi connectivity index (χ2v) is 3.52. The number of hydrogen-bond donors (Lipinski definition) is 6. The Hall–Kier alpha value is -1.72. The van der Waals surface area contributed by atoms with Crippen LogP contribution in [0.15, 0.2) is 23.0 Å². The lowest BCUT2D eigenvalue weighted by molar-refractivity contribution is 0.661. The summed E-state index contributed by atoms with van der Waals surface area (Å²) in [6.45, 7) is 0. The van der Waals surface area contributed by atoms with Crippen LogP contribution in [-0.4, -0.2) is 0 Å². The van der Waals surface area contributed by atoms with Gasteiger partial charge in [-0.05, 0) is 25.7 Å². The molecule has 0 radical (unpaired) electrons. The van der Waals surface area contributed by atoms with Gasteiger partial charge in [0.2, 0.25) is 0 Å². The molecule has 12 N–H and O–H groups in total. The molecule has 0 rings (SSSR count). The van der Waals surface area contributed by atoms with E-state index in [-0.39, 0.29) is 11.6 Å². The molecule has 0 aliphatic rings. The van der Waals surface area contributed by atoms with E-state index in [1.165, 1.54) is 0 Å². The standard InChI is InChI=1S/C9H22N6/c10-6(8(12)13)4-2-1-3-5-7(11)9(14)15/h1-5,10-15H2. The predicted octanol–water partition coefficient (Wildman–Crippen LogP) is -0.973. The van der Waals surface area contributed by atoms with E-state index in [4.69, 9.17) is 34.4 Å². The normalized spacial score (nSPS) is 9.60. The van der Waals surface area contributed by atoms with Crippen LogP contribution >= 0.6 is 0 Å². The number of rotatable bonds is 6. The Labute approximate surface area is 90.3 Å². The number of nitrogens with two attached hydrogens (primary N) is 6.